The molecule has 0 spiro atoms. The van der Waals surface area contributed by atoms with Gasteiger partial charge in [0.1, 0.15) is 0 Å². The second kappa shape index (κ2) is 7.38. The van der Waals surface area contributed by atoms with Crippen molar-refractivity contribution in [3.05, 3.63) is 96.1 Å². The van der Waals surface area contributed by atoms with Gasteiger partial charge in [-0.25, -0.2) is 0 Å². The van der Waals surface area contributed by atoms with Crippen LogP contribution in [0.1, 0.15) is 30.0 Å². The van der Waals surface area contributed by atoms with E-state index >= 15 is 0 Å². The zero-order valence-electron chi connectivity index (χ0n) is 16.0. The van der Waals surface area contributed by atoms with Crippen LogP contribution in [0.5, 0.6) is 0 Å². The van der Waals surface area contributed by atoms with Crippen LogP contribution in [0.4, 0.5) is 0 Å². The Balaban J connectivity index is 1.73. The number of likely N-dealkylation sites (tertiary alicyclic amines) is 1. The number of hydrogen-bond donors (Lipinski definition) is 1. The van der Waals surface area contributed by atoms with Gasteiger partial charge in [0.15, 0.2) is 0 Å². The highest BCUT2D eigenvalue weighted by molar-refractivity contribution is 5.90. The molecular formula is C26H25NO. The van der Waals surface area contributed by atoms with Crippen LogP contribution in [0.25, 0.3) is 21.5 Å². The highest BCUT2D eigenvalue weighted by Crippen LogP contribution is 2.38. The predicted molar refractivity (Wildman–Crippen MR) is 117 cm³/mol. The molecule has 1 aliphatic heterocycles. The number of piperidine rings is 1. The maximum atomic E-state index is 10.1. The molecule has 2 nitrogen and oxygen atoms in total. The van der Waals surface area contributed by atoms with Crippen molar-refractivity contribution in [3.63, 3.8) is 0 Å². The molecule has 28 heavy (non-hydrogen) atoms. The third kappa shape index (κ3) is 3.09. The molecule has 1 heterocycles. The summed E-state index contributed by atoms with van der Waals surface area (Å²) in [4.78, 5) is 2.55. The molecule has 0 atom stereocenters. The topological polar surface area (TPSA) is 23.5 Å². The van der Waals surface area contributed by atoms with Gasteiger partial charge in [0, 0.05) is 13.1 Å². The van der Waals surface area contributed by atoms with E-state index in [1.165, 1.54) is 32.7 Å². The van der Waals surface area contributed by atoms with Crippen LogP contribution in [-0.2, 0) is 0 Å². The summed E-state index contributed by atoms with van der Waals surface area (Å²) in [6.07, 6.45) is 1.51. The standard InChI is InChI=1S/C26H25NO/c28-21-15-17-27(18-16-21)26(24-13-5-9-19-7-1-3-11-22(19)24)25-14-6-10-20-8-2-4-12-23(20)25/h1-14,21,26,28H,15-18H2. The second-order valence-electron chi connectivity index (χ2n) is 7.81. The van der Waals surface area contributed by atoms with Crippen LogP contribution in [0.3, 0.4) is 0 Å². The van der Waals surface area contributed by atoms with Gasteiger partial charge in [-0.3, -0.25) is 4.90 Å². The molecule has 5 rings (SSSR count). The molecular weight excluding hydrogens is 342 g/mol. The van der Waals surface area contributed by atoms with E-state index in [-0.39, 0.29) is 12.1 Å². The zero-order chi connectivity index (χ0) is 18.9. The molecule has 0 radical (unpaired) electrons. The van der Waals surface area contributed by atoms with Crippen molar-refractivity contribution in [2.24, 2.45) is 0 Å². The first kappa shape index (κ1) is 17.4. The Bertz CT molecular complexity index is 1020. The third-order valence-corrected chi connectivity index (χ3v) is 6.10. The summed E-state index contributed by atoms with van der Waals surface area (Å²) in [5, 5.41) is 15.3. The minimum absolute atomic E-state index is 0.170. The molecule has 0 saturated carbocycles. The molecule has 4 aromatic carbocycles. The first-order valence-electron chi connectivity index (χ1n) is 10.2. The zero-order valence-corrected chi connectivity index (χ0v) is 16.0. The van der Waals surface area contributed by atoms with Crippen LogP contribution in [0.2, 0.25) is 0 Å². The molecule has 0 aromatic heterocycles. The first-order chi connectivity index (χ1) is 13.8. The Morgan fingerprint density at radius 1 is 0.643 bits per heavy atom. The number of aliphatic hydroxyl groups excluding tert-OH is 1. The van der Waals surface area contributed by atoms with E-state index in [0.29, 0.717) is 0 Å². The molecule has 0 aliphatic carbocycles. The lowest BCUT2D eigenvalue weighted by atomic mass is 9.88. The molecule has 140 valence electrons. The van der Waals surface area contributed by atoms with Gasteiger partial charge in [0.2, 0.25) is 0 Å². The number of hydrogen-bond acceptors (Lipinski definition) is 2. The van der Waals surface area contributed by atoms with Crippen molar-refractivity contribution in [1.82, 2.24) is 4.90 Å². The van der Waals surface area contributed by atoms with Crippen LogP contribution in [-0.4, -0.2) is 29.2 Å². The van der Waals surface area contributed by atoms with Crippen LogP contribution in [0.15, 0.2) is 84.9 Å². The highest BCUT2D eigenvalue weighted by atomic mass is 16.3. The van der Waals surface area contributed by atoms with E-state index < -0.39 is 0 Å². The van der Waals surface area contributed by atoms with Crippen molar-refractivity contribution in [2.45, 2.75) is 25.0 Å². The Labute approximate surface area is 166 Å². The Hall–Kier alpha value is -2.68. The normalized spacial score (nSPS) is 16.2. The largest absolute Gasteiger partial charge is 0.393 e. The number of rotatable bonds is 3. The SMILES string of the molecule is OC1CCN(C(c2cccc3ccccc23)c2cccc3ccccc23)CC1. The molecule has 1 aliphatic rings. The summed E-state index contributed by atoms with van der Waals surface area (Å²) in [5.41, 5.74) is 2.71. The summed E-state index contributed by atoms with van der Waals surface area (Å²) >= 11 is 0. The summed E-state index contributed by atoms with van der Waals surface area (Å²) in [7, 11) is 0. The maximum Gasteiger partial charge on any atom is 0.0614 e. The fourth-order valence-corrected chi connectivity index (χ4v) is 4.68. The summed E-state index contributed by atoms with van der Waals surface area (Å²) in [6, 6.07) is 30.8. The number of aliphatic hydroxyl groups is 1. The Kier molecular flexibility index (Phi) is 4.59. The van der Waals surface area contributed by atoms with Gasteiger partial charge in [-0.05, 0) is 45.5 Å². The van der Waals surface area contributed by atoms with Gasteiger partial charge in [0.25, 0.3) is 0 Å². The average molecular weight is 367 g/mol. The first-order valence-corrected chi connectivity index (χ1v) is 10.2. The van der Waals surface area contributed by atoms with Crippen molar-refractivity contribution < 1.29 is 5.11 Å². The van der Waals surface area contributed by atoms with E-state index in [1.807, 2.05) is 0 Å². The van der Waals surface area contributed by atoms with Crippen molar-refractivity contribution >= 4 is 21.5 Å². The van der Waals surface area contributed by atoms with Gasteiger partial charge in [-0.2, -0.15) is 0 Å². The molecule has 1 saturated heterocycles. The predicted octanol–water partition coefficient (Wildman–Crippen LogP) is 5.54. The number of benzene rings is 4. The molecule has 0 amide bonds. The fraction of sp³-hybridized carbons (Fsp3) is 0.231. The van der Waals surface area contributed by atoms with Crippen LogP contribution in [0, 0.1) is 0 Å². The minimum atomic E-state index is -0.170. The summed E-state index contributed by atoms with van der Waals surface area (Å²) < 4.78 is 0. The highest BCUT2D eigenvalue weighted by Gasteiger charge is 2.28. The lowest BCUT2D eigenvalue weighted by Gasteiger charge is -2.37. The maximum absolute atomic E-state index is 10.1. The molecule has 4 aromatic rings. The van der Waals surface area contributed by atoms with Gasteiger partial charge in [-0.1, -0.05) is 84.9 Å². The summed E-state index contributed by atoms with van der Waals surface area (Å²) in [5.74, 6) is 0. The minimum Gasteiger partial charge on any atom is -0.393 e. The van der Waals surface area contributed by atoms with E-state index in [9.17, 15) is 5.11 Å². The fourth-order valence-electron chi connectivity index (χ4n) is 4.68. The number of fused-ring (bicyclic) bond motifs is 2. The van der Waals surface area contributed by atoms with E-state index in [0.717, 1.165) is 25.9 Å². The van der Waals surface area contributed by atoms with Crippen LogP contribution < -0.4 is 0 Å². The molecule has 2 heteroatoms. The average Bonchev–Trinajstić information content (AvgIpc) is 2.75. The Morgan fingerprint density at radius 2 is 1.11 bits per heavy atom. The Morgan fingerprint density at radius 3 is 1.64 bits per heavy atom. The second-order valence-corrected chi connectivity index (χ2v) is 7.81. The van der Waals surface area contributed by atoms with Gasteiger partial charge < -0.3 is 5.11 Å². The van der Waals surface area contributed by atoms with E-state index in [1.54, 1.807) is 0 Å². The smallest absolute Gasteiger partial charge is 0.0614 e. The van der Waals surface area contributed by atoms with E-state index in [4.69, 9.17) is 0 Å². The van der Waals surface area contributed by atoms with Gasteiger partial charge in [-0.15, -0.1) is 0 Å². The lowest BCUT2D eigenvalue weighted by molar-refractivity contribution is 0.0693. The monoisotopic (exact) mass is 367 g/mol. The third-order valence-electron chi connectivity index (χ3n) is 6.10. The van der Waals surface area contributed by atoms with Gasteiger partial charge in [0.05, 0.1) is 12.1 Å². The van der Waals surface area contributed by atoms with Crippen LogP contribution >= 0.6 is 0 Å². The quantitative estimate of drug-likeness (QED) is 0.514. The van der Waals surface area contributed by atoms with Crippen molar-refractivity contribution in [2.75, 3.05) is 13.1 Å². The molecule has 0 bridgehead atoms. The lowest BCUT2D eigenvalue weighted by Crippen LogP contribution is -2.39. The van der Waals surface area contributed by atoms with Crippen molar-refractivity contribution in [3.8, 4) is 0 Å². The van der Waals surface area contributed by atoms with Gasteiger partial charge >= 0.3 is 0 Å². The number of nitrogens with zero attached hydrogens (tertiary/aromatic N) is 1. The van der Waals surface area contributed by atoms with Crippen molar-refractivity contribution in [1.29, 1.82) is 0 Å². The summed E-state index contributed by atoms with van der Waals surface area (Å²) in [6.45, 7) is 1.83. The molecule has 1 fully saturated rings. The molecule has 1 N–H and O–H groups in total. The van der Waals surface area contributed by atoms with E-state index in [2.05, 4.69) is 89.8 Å². The molecule has 0 unspecified atom stereocenters.